The number of nitrogens with zero attached hydrogens (tertiary/aromatic N) is 1. The topological polar surface area (TPSA) is 39.2 Å². The highest BCUT2D eigenvalue weighted by Crippen LogP contribution is 2.22. The van der Waals surface area contributed by atoms with Crippen molar-refractivity contribution in [3.63, 3.8) is 0 Å². The van der Waals surface area contributed by atoms with Gasteiger partial charge in [-0.05, 0) is 12.1 Å². The van der Waals surface area contributed by atoms with Gasteiger partial charge in [0, 0.05) is 6.20 Å². The van der Waals surface area contributed by atoms with Crippen LogP contribution in [0.2, 0.25) is 0 Å². The first kappa shape index (κ1) is 10.8. The number of ether oxygens (including phenoxy) is 1. The van der Waals surface area contributed by atoms with Gasteiger partial charge in [0.15, 0.2) is 17.9 Å². The van der Waals surface area contributed by atoms with Crippen LogP contribution in [0.25, 0.3) is 0 Å². The molecule has 0 N–H and O–H groups in total. The summed E-state index contributed by atoms with van der Waals surface area (Å²) in [6, 6.07) is 4.24. The Kier molecular flexibility index (Phi) is 3.26. The second kappa shape index (κ2) is 4.85. The maximum atomic E-state index is 13.4. The SMILES string of the molecule is O=Cc1cccc(F)c1OCc1cncs1. The quantitative estimate of drug-likeness (QED) is 0.767. The average Bonchev–Trinajstić information content (AvgIpc) is 2.80. The fourth-order valence-electron chi connectivity index (χ4n) is 1.23. The van der Waals surface area contributed by atoms with Crippen LogP contribution in [0.1, 0.15) is 15.2 Å². The number of hydrogen-bond acceptors (Lipinski definition) is 4. The summed E-state index contributed by atoms with van der Waals surface area (Å²) in [5.74, 6) is -0.542. The summed E-state index contributed by atoms with van der Waals surface area (Å²) in [6.45, 7) is 0.215. The Labute approximate surface area is 95.5 Å². The van der Waals surface area contributed by atoms with Gasteiger partial charge in [-0.1, -0.05) is 6.07 Å². The standard InChI is InChI=1S/C11H8FNO2S/c12-10-3-1-2-8(5-14)11(10)15-6-9-4-13-7-16-9/h1-5,7H,6H2. The molecule has 0 aliphatic rings. The fraction of sp³-hybridized carbons (Fsp3) is 0.0909. The molecule has 1 heterocycles. The number of aromatic nitrogens is 1. The number of rotatable bonds is 4. The minimum absolute atomic E-state index is 0.00843. The van der Waals surface area contributed by atoms with Crippen LogP contribution >= 0.6 is 11.3 Å². The zero-order valence-corrected chi connectivity index (χ0v) is 9.04. The molecule has 16 heavy (non-hydrogen) atoms. The van der Waals surface area contributed by atoms with E-state index in [4.69, 9.17) is 4.74 Å². The van der Waals surface area contributed by atoms with Crippen LogP contribution in [0.3, 0.4) is 0 Å². The van der Waals surface area contributed by atoms with E-state index in [0.717, 1.165) is 4.88 Å². The van der Waals surface area contributed by atoms with E-state index in [1.54, 1.807) is 11.7 Å². The molecule has 0 unspecified atom stereocenters. The number of carbonyl (C=O) groups is 1. The molecule has 0 aliphatic carbocycles. The number of thiazole rings is 1. The third kappa shape index (κ3) is 2.25. The second-order valence-corrected chi connectivity index (χ2v) is 4.00. The highest BCUT2D eigenvalue weighted by Gasteiger charge is 2.09. The van der Waals surface area contributed by atoms with Crippen molar-refractivity contribution in [1.82, 2.24) is 4.98 Å². The third-order valence-electron chi connectivity index (χ3n) is 1.97. The highest BCUT2D eigenvalue weighted by atomic mass is 32.1. The zero-order chi connectivity index (χ0) is 11.4. The third-order valence-corrected chi connectivity index (χ3v) is 2.72. The van der Waals surface area contributed by atoms with Crippen molar-refractivity contribution in [2.45, 2.75) is 6.61 Å². The molecule has 0 aliphatic heterocycles. The molecule has 82 valence electrons. The Morgan fingerprint density at radius 3 is 3.06 bits per heavy atom. The fourth-order valence-corrected chi connectivity index (χ4v) is 1.73. The maximum Gasteiger partial charge on any atom is 0.165 e. The number of halogens is 1. The Morgan fingerprint density at radius 2 is 2.38 bits per heavy atom. The molecule has 0 saturated heterocycles. The number of carbonyl (C=O) groups excluding carboxylic acids is 1. The molecule has 0 radical (unpaired) electrons. The predicted octanol–water partition coefficient (Wildman–Crippen LogP) is 2.67. The van der Waals surface area contributed by atoms with Gasteiger partial charge in [-0.3, -0.25) is 9.78 Å². The normalized spacial score (nSPS) is 10.1. The smallest absolute Gasteiger partial charge is 0.165 e. The average molecular weight is 237 g/mol. The van der Waals surface area contributed by atoms with Crippen molar-refractivity contribution in [1.29, 1.82) is 0 Å². The van der Waals surface area contributed by atoms with E-state index >= 15 is 0 Å². The van der Waals surface area contributed by atoms with Gasteiger partial charge in [-0.15, -0.1) is 11.3 Å². The summed E-state index contributed by atoms with van der Waals surface area (Å²) in [7, 11) is 0. The van der Waals surface area contributed by atoms with Crippen molar-refractivity contribution >= 4 is 17.6 Å². The molecule has 3 nitrogen and oxygen atoms in total. The minimum Gasteiger partial charge on any atom is -0.484 e. The van der Waals surface area contributed by atoms with Gasteiger partial charge in [0.05, 0.1) is 16.0 Å². The van der Waals surface area contributed by atoms with Crippen molar-refractivity contribution in [2.75, 3.05) is 0 Å². The van der Waals surface area contributed by atoms with Crippen molar-refractivity contribution in [3.05, 3.63) is 46.2 Å². The van der Waals surface area contributed by atoms with Gasteiger partial charge in [-0.25, -0.2) is 4.39 Å². The van der Waals surface area contributed by atoms with E-state index in [2.05, 4.69) is 4.98 Å². The molecule has 0 spiro atoms. The van der Waals surface area contributed by atoms with E-state index in [9.17, 15) is 9.18 Å². The summed E-state index contributed by atoms with van der Waals surface area (Å²) < 4.78 is 18.6. The lowest BCUT2D eigenvalue weighted by Crippen LogP contribution is -1.99. The lowest BCUT2D eigenvalue weighted by molar-refractivity contribution is 0.111. The molecule has 2 aromatic rings. The molecule has 0 bridgehead atoms. The number of para-hydroxylation sites is 1. The molecular weight excluding hydrogens is 229 g/mol. The summed E-state index contributed by atoms with van der Waals surface area (Å²) >= 11 is 1.41. The van der Waals surface area contributed by atoms with E-state index < -0.39 is 5.82 Å². The van der Waals surface area contributed by atoms with Gasteiger partial charge in [-0.2, -0.15) is 0 Å². The molecular formula is C11H8FNO2S. The Hall–Kier alpha value is -1.75. The minimum atomic E-state index is -0.533. The Morgan fingerprint density at radius 1 is 1.50 bits per heavy atom. The molecule has 0 amide bonds. The van der Waals surface area contributed by atoms with E-state index in [0.29, 0.717) is 6.29 Å². The van der Waals surface area contributed by atoms with Crippen LogP contribution in [0.15, 0.2) is 29.9 Å². The first-order valence-electron chi connectivity index (χ1n) is 4.55. The Bertz CT molecular complexity index is 485. The molecule has 2 rings (SSSR count). The summed E-state index contributed by atoms with van der Waals surface area (Å²) in [5.41, 5.74) is 1.88. The second-order valence-electron chi connectivity index (χ2n) is 3.03. The molecule has 1 aromatic carbocycles. The van der Waals surface area contributed by atoms with Gasteiger partial charge in [0.25, 0.3) is 0 Å². The predicted molar refractivity (Wildman–Crippen MR) is 58.2 cm³/mol. The first-order valence-corrected chi connectivity index (χ1v) is 5.43. The van der Waals surface area contributed by atoms with Crippen LogP contribution in [-0.2, 0) is 6.61 Å². The molecule has 1 aromatic heterocycles. The molecule has 5 heteroatoms. The molecule has 0 saturated carbocycles. The number of aldehydes is 1. The van der Waals surface area contributed by atoms with Gasteiger partial charge < -0.3 is 4.74 Å². The largest absolute Gasteiger partial charge is 0.484 e. The lowest BCUT2D eigenvalue weighted by Gasteiger charge is -2.07. The summed E-state index contributed by atoms with van der Waals surface area (Å²) in [4.78, 5) is 15.4. The van der Waals surface area contributed by atoms with E-state index in [1.807, 2.05) is 0 Å². The monoisotopic (exact) mass is 237 g/mol. The van der Waals surface area contributed by atoms with E-state index in [1.165, 1.54) is 29.5 Å². The highest BCUT2D eigenvalue weighted by molar-refractivity contribution is 7.09. The van der Waals surface area contributed by atoms with Gasteiger partial charge >= 0.3 is 0 Å². The first-order chi connectivity index (χ1) is 7.81. The Balaban J connectivity index is 2.17. The maximum absolute atomic E-state index is 13.4. The van der Waals surface area contributed by atoms with Crippen LogP contribution in [0.4, 0.5) is 4.39 Å². The lowest BCUT2D eigenvalue weighted by atomic mass is 10.2. The summed E-state index contributed by atoms with van der Waals surface area (Å²) in [6.07, 6.45) is 2.22. The summed E-state index contributed by atoms with van der Waals surface area (Å²) in [5, 5.41) is 0. The number of hydrogen-bond donors (Lipinski definition) is 0. The van der Waals surface area contributed by atoms with Crippen molar-refractivity contribution in [2.24, 2.45) is 0 Å². The van der Waals surface area contributed by atoms with E-state index in [-0.39, 0.29) is 17.9 Å². The van der Waals surface area contributed by atoms with Crippen molar-refractivity contribution < 1.29 is 13.9 Å². The zero-order valence-electron chi connectivity index (χ0n) is 8.22. The van der Waals surface area contributed by atoms with Gasteiger partial charge in [0.1, 0.15) is 6.61 Å². The molecule has 0 atom stereocenters. The van der Waals surface area contributed by atoms with Crippen LogP contribution in [0, 0.1) is 5.82 Å². The van der Waals surface area contributed by atoms with Crippen LogP contribution in [0.5, 0.6) is 5.75 Å². The van der Waals surface area contributed by atoms with Crippen LogP contribution < -0.4 is 4.74 Å². The van der Waals surface area contributed by atoms with Crippen LogP contribution in [-0.4, -0.2) is 11.3 Å². The molecule has 0 fully saturated rings. The van der Waals surface area contributed by atoms with Crippen molar-refractivity contribution in [3.8, 4) is 5.75 Å². The van der Waals surface area contributed by atoms with Gasteiger partial charge in [0.2, 0.25) is 0 Å². The number of benzene rings is 1.